The van der Waals surface area contributed by atoms with Gasteiger partial charge in [0.2, 0.25) is 0 Å². The molecule has 0 spiro atoms. The lowest BCUT2D eigenvalue weighted by Gasteiger charge is -2.17. The molecule has 0 radical (unpaired) electrons. The molecule has 1 aromatic rings. The largest absolute Gasteiger partial charge is 0.497 e. The summed E-state index contributed by atoms with van der Waals surface area (Å²) in [5.41, 5.74) is 0.937. The average molecular weight is 264 g/mol. The molecule has 1 aliphatic carbocycles. The topological polar surface area (TPSA) is 64.4 Å². The van der Waals surface area contributed by atoms with Crippen LogP contribution in [0.2, 0.25) is 0 Å². The quantitative estimate of drug-likeness (QED) is 0.607. The van der Waals surface area contributed by atoms with Crippen LogP contribution in [-0.4, -0.2) is 24.6 Å². The first-order chi connectivity index (χ1) is 9.15. The second-order valence-electron chi connectivity index (χ2n) is 4.96. The Balaban J connectivity index is 2.22. The highest BCUT2D eigenvalue weighted by molar-refractivity contribution is 5.45. The Kier molecular flexibility index (Phi) is 4.37. The molecule has 1 fully saturated rings. The van der Waals surface area contributed by atoms with Crippen molar-refractivity contribution in [2.45, 2.75) is 32.2 Å². The molecular formula is C14H20N2O3. The molecule has 0 aliphatic heterocycles. The maximum absolute atomic E-state index is 11.1. The van der Waals surface area contributed by atoms with E-state index in [9.17, 15) is 10.1 Å². The molecule has 1 N–H and O–H groups in total. The van der Waals surface area contributed by atoms with E-state index < -0.39 is 0 Å². The van der Waals surface area contributed by atoms with Gasteiger partial charge in [0.1, 0.15) is 5.75 Å². The molecule has 0 amide bonds. The summed E-state index contributed by atoms with van der Waals surface area (Å²) in [6.45, 7) is 2.95. The van der Waals surface area contributed by atoms with Crippen LogP contribution in [-0.2, 0) is 6.42 Å². The SMILES string of the molecule is CCNC(Cc1cc(OC)ccc1[N+](=O)[O-])C1CC1. The Hall–Kier alpha value is -1.62. The van der Waals surface area contributed by atoms with Gasteiger partial charge in [0.15, 0.2) is 0 Å². The number of hydrogen-bond donors (Lipinski definition) is 1. The minimum Gasteiger partial charge on any atom is -0.497 e. The van der Waals surface area contributed by atoms with Crippen LogP contribution >= 0.6 is 0 Å². The number of nitro groups is 1. The fourth-order valence-corrected chi connectivity index (χ4v) is 2.43. The number of nitrogens with zero attached hydrogens (tertiary/aromatic N) is 1. The number of hydrogen-bond acceptors (Lipinski definition) is 4. The summed E-state index contributed by atoms with van der Waals surface area (Å²) in [6.07, 6.45) is 3.12. The van der Waals surface area contributed by atoms with Gasteiger partial charge in [-0.25, -0.2) is 0 Å². The van der Waals surface area contributed by atoms with Crippen LogP contribution in [0.1, 0.15) is 25.3 Å². The van der Waals surface area contributed by atoms with Crippen molar-refractivity contribution < 1.29 is 9.66 Å². The Bertz CT molecular complexity index is 458. The number of ether oxygens (including phenoxy) is 1. The molecule has 1 aliphatic rings. The Morgan fingerprint density at radius 1 is 1.53 bits per heavy atom. The summed E-state index contributed by atoms with van der Waals surface area (Å²) in [4.78, 5) is 10.8. The molecule has 0 aromatic heterocycles. The van der Waals surface area contributed by atoms with Crippen LogP contribution in [0, 0.1) is 16.0 Å². The predicted molar refractivity (Wildman–Crippen MR) is 73.5 cm³/mol. The van der Waals surface area contributed by atoms with Crippen LogP contribution in [0.15, 0.2) is 18.2 Å². The van der Waals surface area contributed by atoms with Gasteiger partial charge in [0, 0.05) is 17.7 Å². The zero-order valence-electron chi connectivity index (χ0n) is 11.4. The van der Waals surface area contributed by atoms with Crippen molar-refractivity contribution in [3.8, 4) is 5.75 Å². The van der Waals surface area contributed by atoms with Crippen LogP contribution in [0.3, 0.4) is 0 Å². The zero-order valence-corrected chi connectivity index (χ0v) is 11.4. The Morgan fingerprint density at radius 3 is 2.79 bits per heavy atom. The maximum Gasteiger partial charge on any atom is 0.272 e. The second kappa shape index (κ2) is 6.02. The van der Waals surface area contributed by atoms with Crippen LogP contribution < -0.4 is 10.1 Å². The van der Waals surface area contributed by atoms with Crippen LogP contribution in [0.25, 0.3) is 0 Å². The van der Waals surface area contributed by atoms with Gasteiger partial charge in [0.05, 0.1) is 12.0 Å². The molecular weight excluding hydrogens is 244 g/mol. The average Bonchev–Trinajstić information content (AvgIpc) is 3.22. The van der Waals surface area contributed by atoms with Gasteiger partial charge in [-0.1, -0.05) is 6.92 Å². The third-order valence-corrected chi connectivity index (χ3v) is 3.58. The summed E-state index contributed by atoms with van der Waals surface area (Å²) in [5.74, 6) is 1.33. The molecule has 19 heavy (non-hydrogen) atoms. The number of rotatable bonds is 7. The van der Waals surface area contributed by atoms with E-state index in [4.69, 9.17) is 4.74 Å². The highest BCUT2D eigenvalue weighted by Gasteiger charge is 2.32. The van der Waals surface area contributed by atoms with Crippen molar-refractivity contribution in [3.05, 3.63) is 33.9 Å². The van der Waals surface area contributed by atoms with Gasteiger partial charge < -0.3 is 10.1 Å². The molecule has 0 heterocycles. The Labute approximate surface area is 113 Å². The number of nitrogens with one attached hydrogen (secondary N) is 1. The van der Waals surface area contributed by atoms with Gasteiger partial charge in [-0.15, -0.1) is 0 Å². The Morgan fingerprint density at radius 2 is 2.26 bits per heavy atom. The first-order valence-electron chi connectivity index (χ1n) is 6.70. The van der Waals surface area contributed by atoms with Crippen molar-refractivity contribution in [1.82, 2.24) is 5.32 Å². The molecule has 0 saturated heterocycles. The monoisotopic (exact) mass is 264 g/mol. The fraction of sp³-hybridized carbons (Fsp3) is 0.571. The van der Waals surface area contributed by atoms with E-state index in [-0.39, 0.29) is 10.6 Å². The standard InChI is InChI=1S/C14H20N2O3/c1-3-15-13(10-4-5-10)9-11-8-12(19-2)6-7-14(11)16(17)18/h6-8,10,13,15H,3-5,9H2,1-2H3. The molecule has 1 unspecified atom stereocenters. The van der Waals surface area contributed by atoms with Gasteiger partial charge in [0.25, 0.3) is 5.69 Å². The van der Waals surface area contributed by atoms with Gasteiger partial charge in [-0.2, -0.15) is 0 Å². The van der Waals surface area contributed by atoms with Crippen molar-refractivity contribution >= 4 is 5.69 Å². The van der Waals surface area contributed by atoms with Crippen molar-refractivity contribution in [2.24, 2.45) is 5.92 Å². The minimum atomic E-state index is -0.315. The molecule has 1 aromatic carbocycles. The molecule has 1 saturated carbocycles. The number of methoxy groups -OCH3 is 1. The van der Waals surface area contributed by atoms with E-state index >= 15 is 0 Å². The van der Waals surface area contributed by atoms with Gasteiger partial charge in [-0.3, -0.25) is 10.1 Å². The van der Waals surface area contributed by atoms with Gasteiger partial charge >= 0.3 is 0 Å². The smallest absolute Gasteiger partial charge is 0.272 e. The number of likely N-dealkylation sites (N-methyl/N-ethyl adjacent to an activating group) is 1. The van der Waals surface area contributed by atoms with Crippen molar-refractivity contribution in [1.29, 1.82) is 0 Å². The first kappa shape index (κ1) is 13.8. The number of benzene rings is 1. The lowest BCUT2D eigenvalue weighted by molar-refractivity contribution is -0.385. The molecule has 5 nitrogen and oxygen atoms in total. The maximum atomic E-state index is 11.1. The third-order valence-electron chi connectivity index (χ3n) is 3.58. The normalized spacial score (nSPS) is 16.1. The lowest BCUT2D eigenvalue weighted by atomic mass is 10.0. The highest BCUT2D eigenvalue weighted by Crippen LogP contribution is 2.35. The highest BCUT2D eigenvalue weighted by atomic mass is 16.6. The van der Waals surface area contributed by atoms with Crippen molar-refractivity contribution in [3.63, 3.8) is 0 Å². The van der Waals surface area contributed by atoms with Gasteiger partial charge in [-0.05, 0) is 43.9 Å². The fourth-order valence-electron chi connectivity index (χ4n) is 2.43. The predicted octanol–water partition coefficient (Wildman–Crippen LogP) is 2.53. The molecule has 5 heteroatoms. The van der Waals surface area contributed by atoms with Crippen molar-refractivity contribution in [2.75, 3.05) is 13.7 Å². The van der Waals surface area contributed by atoms with E-state index in [2.05, 4.69) is 12.2 Å². The van der Waals surface area contributed by atoms with E-state index in [1.807, 2.05) is 0 Å². The summed E-state index contributed by atoms with van der Waals surface area (Å²) >= 11 is 0. The van der Waals surface area contributed by atoms with E-state index in [0.29, 0.717) is 24.1 Å². The van der Waals surface area contributed by atoms with E-state index in [1.54, 1.807) is 19.2 Å². The van der Waals surface area contributed by atoms with E-state index in [0.717, 1.165) is 12.1 Å². The first-order valence-corrected chi connectivity index (χ1v) is 6.70. The van der Waals surface area contributed by atoms with Crippen LogP contribution in [0.4, 0.5) is 5.69 Å². The molecule has 2 rings (SSSR count). The van der Waals surface area contributed by atoms with E-state index in [1.165, 1.54) is 18.9 Å². The summed E-state index contributed by atoms with van der Waals surface area (Å²) < 4.78 is 5.16. The van der Waals surface area contributed by atoms with Crippen LogP contribution in [0.5, 0.6) is 5.75 Å². The summed E-state index contributed by atoms with van der Waals surface area (Å²) in [6, 6.07) is 5.28. The molecule has 0 bridgehead atoms. The number of nitro benzene ring substituents is 1. The summed E-state index contributed by atoms with van der Waals surface area (Å²) in [5, 5.41) is 14.5. The lowest BCUT2D eigenvalue weighted by Crippen LogP contribution is -2.33. The second-order valence-corrected chi connectivity index (χ2v) is 4.96. The minimum absolute atomic E-state index is 0.185. The molecule has 1 atom stereocenters. The third kappa shape index (κ3) is 3.44. The summed E-state index contributed by atoms with van der Waals surface area (Å²) in [7, 11) is 1.58. The molecule has 104 valence electrons. The zero-order chi connectivity index (χ0) is 13.8.